The van der Waals surface area contributed by atoms with Gasteiger partial charge in [-0.3, -0.25) is 15.0 Å². The quantitative estimate of drug-likeness (QED) is 0.835. The first kappa shape index (κ1) is 13.4. The standard InChI is InChI=1S/C15H27N3O/c1-10(2)8-14-15(19)18(11(3)16-14)13-6-7-17(9-13)12-4-5-12/h10-14,16H,4-9H2,1-3H3. The maximum atomic E-state index is 12.6. The number of nitrogens with one attached hydrogen (secondary N) is 1. The second kappa shape index (κ2) is 5.06. The Kier molecular flexibility index (Phi) is 3.56. The lowest BCUT2D eigenvalue weighted by Crippen LogP contribution is -2.44. The molecular formula is C15H27N3O. The van der Waals surface area contributed by atoms with Crippen molar-refractivity contribution < 1.29 is 4.79 Å². The average Bonchev–Trinajstić information content (AvgIpc) is 3.01. The summed E-state index contributed by atoms with van der Waals surface area (Å²) in [6.07, 6.45) is 5.05. The van der Waals surface area contributed by atoms with E-state index in [1.54, 1.807) is 0 Å². The van der Waals surface area contributed by atoms with Crippen molar-refractivity contribution in [3.63, 3.8) is 0 Å². The van der Waals surface area contributed by atoms with E-state index in [0.717, 1.165) is 25.4 Å². The Balaban J connectivity index is 1.62. The van der Waals surface area contributed by atoms with Gasteiger partial charge >= 0.3 is 0 Å². The van der Waals surface area contributed by atoms with E-state index < -0.39 is 0 Å². The molecule has 4 heteroatoms. The van der Waals surface area contributed by atoms with Gasteiger partial charge in [-0.25, -0.2) is 0 Å². The molecule has 3 aliphatic rings. The van der Waals surface area contributed by atoms with Gasteiger partial charge in [0.15, 0.2) is 0 Å². The van der Waals surface area contributed by atoms with Crippen LogP contribution >= 0.6 is 0 Å². The largest absolute Gasteiger partial charge is 0.322 e. The zero-order chi connectivity index (χ0) is 13.6. The van der Waals surface area contributed by atoms with Gasteiger partial charge in [-0.1, -0.05) is 13.8 Å². The Hall–Kier alpha value is -0.610. The highest BCUT2D eigenvalue weighted by molar-refractivity contribution is 5.84. The molecule has 0 spiro atoms. The second-order valence-electron chi connectivity index (χ2n) is 6.94. The van der Waals surface area contributed by atoms with E-state index >= 15 is 0 Å². The number of hydrogen-bond acceptors (Lipinski definition) is 3. The number of carbonyl (C=O) groups excluding carboxylic acids is 1. The molecule has 0 aromatic rings. The van der Waals surface area contributed by atoms with Gasteiger partial charge in [0.2, 0.25) is 5.91 Å². The molecule has 3 rings (SSSR count). The molecule has 2 heterocycles. The summed E-state index contributed by atoms with van der Waals surface area (Å²) in [7, 11) is 0. The number of rotatable bonds is 4. The second-order valence-corrected chi connectivity index (χ2v) is 6.94. The molecule has 108 valence electrons. The van der Waals surface area contributed by atoms with Gasteiger partial charge in [-0.2, -0.15) is 0 Å². The average molecular weight is 265 g/mol. The van der Waals surface area contributed by atoms with Crippen molar-refractivity contribution in [1.29, 1.82) is 0 Å². The molecule has 1 N–H and O–H groups in total. The number of nitrogens with zero attached hydrogens (tertiary/aromatic N) is 2. The molecule has 4 nitrogen and oxygen atoms in total. The minimum absolute atomic E-state index is 0.0463. The summed E-state index contributed by atoms with van der Waals surface area (Å²) in [4.78, 5) is 17.3. The summed E-state index contributed by atoms with van der Waals surface area (Å²) < 4.78 is 0. The van der Waals surface area contributed by atoms with E-state index in [4.69, 9.17) is 0 Å². The molecule has 0 aromatic carbocycles. The van der Waals surface area contributed by atoms with Crippen LogP contribution in [0.15, 0.2) is 0 Å². The highest BCUT2D eigenvalue weighted by Gasteiger charge is 2.44. The van der Waals surface area contributed by atoms with Crippen molar-refractivity contribution in [3.8, 4) is 0 Å². The van der Waals surface area contributed by atoms with Gasteiger partial charge in [0.05, 0.1) is 12.2 Å². The number of carbonyl (C=O) groups is 1. The first-order chi connectivity index (χ1) is 9.06. The zero-order valence-electron chi connectivity index (χ0n) is 12.4. The normalized spacial score (nSPS) is 36.7. The van der Waals surface area contributed by atoms with E-state index in [1.165, 1.54) is 19.4 Å². The van der Waals surface area contributed by atoms with Crippen LogP contribution in [0.4, 0.5) is 0 Å². The third-order valence-electron chi connectivity index (χ3n) is 4.77. The topological polar surface area (TPSA) is 35.6 Å². The highest BCUT2D eigenvalue weighted by Crippen LogP contribution is 2.32. The highest BCUT2D eigenvalue weighted by atomic mass is 16.2. The molecule has 2 aliphatic heterocycles. The molecule has 0 aromatic heterocycles. The molecular weight excluding hydrogens is 238 g/mol. The molecule has 1 amide bonds. The van der Waals surface area contributed by atoms with Crippen LogP contribution in [0, 0.1) is 5.92 Å². The molecule has 3 atom stereocenters. The summed E-state index contributed by atoms with van der Waals surface area (Å²) in [6.45, 7) is 8.79. The smallest absolute Gasteiger partial charge is 0.241 e. The molecule has 3 unspecified atom stereocenters. The first-order valence-electron chi connectivity index (χ1n) is 7.88. The molecule has 1 saturated carbocycles. The van der Waals surface area contributed by atoms with Crippen LogP contribution in [0.2, 0.25) is 0 Å². The third kappa shape index (κ3) is 2.65. The van der Waals surface area contributed by atoms with Crippen LogP contribution in [0.5, 0.6) is 0 Å². The molecule has 0 bridgehead atoms. The lowest BCUT2D eigenvalue weighted by Gasteiger charge is -2.28. The third-order valence-corrected chi connectivity index (χ3v) is 4.77. The van der Waals surface area contributed by atoms with E-state index in [-0.39, 0.29) is 12.2 Å². The van der Waals surface area contributed by atoms with Crippen LogP contribution in [-0.2, 0) is 4.79 Å². The van der Waals surface area contributed by atoms with Crippen molar-refractivity contribution in [2.45, 2.75) is 70.7 Å². The lowest BCUT2D eigenvalue weighted by molar-refractivity contribution is -0.132. The monoisotopic (exact) mass is 265 g/mol. The van der Waals surface area contributed by atoms with Crippen LogP contribution in [0.25, 0.3) is 0 Å². The van der Waals surface area contributed by atoms with Crippen LogP contribution in [-0.4, -0.2) is 53.1 Å². The van der Waals surface area contributed by atoms with Crippen LogP contribution in [0.1, 0.15) is 46.5 Å². The maximum absolute atomic E-state index is 12.6. The molecule has 19 heavy (non-hydrogen) atoms. The Labute approximate surface area is 116 Å². The van der Waals surface area contributed by atoms with Gasteiger partial charge < -0.3 is 4.90 Å². The Morgan fingerprint density at radius 3 is 2.63 bits per heavy atom. The summed E-state index contributed by atoms with van der Waals surface area (Å²) in [5.74, 6) is 0.906. The summed E-state index contributed by atoms with van der Waals surface area (Å²) in [5, 5.41) is 3.48. The van der Waals surface area contributed by atoms with Gasteiger partial charge in [-0.15, -0.1) is 0 Å². The minimum Gasteiger partial charge on any atom is -0.322 e. The van der Waals surface area contributed by atoms with Crippen molar-refractivity contribution in [1.82, 2.24) is 15.1 Å². The van der Waals surface area contributed by atoms with Gasteiger partial charge in [-0.05, 0) is 38.5 Å². The van der Waals surface area contributed by atoms with Crippen molar-refractivity contribution in [2.75, 3.05) is 13.1 Å². The number of amides is 1. The first-order valence-corrected chi connectivity index (χ1v) is 7.88. The van der Waals surface area contributed by atoms with Gasteiger partial charge in [0.1, 0.15) is 0 Å². The number of hydrogen-bond donors (Lipinski definition) is 1. The Morgan fingerprint density at radius 1 is 1.26 bits per heavy atom. The summed E-state index contributed by atoms with van der Waals surface area (Å²) in [5.41, 5.74) is 0. The SMILES string of the molecule is CC(C)CC1NC(C)N(C2CCN(C3CC3)C2)C1=O. The maximum Gasteiger partial charge on any atom is 0.241 e. The van der Waals surface area contributed by atoms with E-state index in [0.29, 0.717) is 17.9 Å². The van der Waals surface area contributed by atoms with Gasteiger partial charge in [0.25, 0.3) is 0 Å². The Morgan fingerprint density at radius 2 is 2.00 bits per heavy atom. The fourth-order valence-electron chi connectivity index (χ4n) is 3.72. The summed E-state index contributed by atoms with van der Waals surface area (Å²) >= 11 is 0. The molecule has 1 aliphatic carbocycles. The van der Waals surface area contributed by atoms with Crippen LogP contribution < -0.4 is 5.32 Å². The minimum atomic E-state index is 0.0463. The summed E-state index contributed by atoms with van der Waals surface area (Å²) in [6, 6.07) is 1.31. The van der Waals surface area contributed by atoms with E-state index in [1.807, 2.05) is 0 Å². The fourth-order valence-corrected chi connectivity index (χ4v) is 3.72. The van der Waals surface area contributed by atoms with Crippen molar-refractivity contribution in [3.05, 3.63) is 0 Å². The van der Waals surface area contributed by atoms with Crippen molar-refractivity contribution in [2.24, 2.45) is 5.92 Å². The van der Waals surface area contributed by atoms with Crippen molar-refractivity contribution >= 4 is 5.91 Å². The molecule has 0 radical (unpaired) electrons. The van der Waals surface area contributed by atoms with Crippen LogP contribution in [0.3, 0.4) is 0 Å². The Bertz CT molecular complexity index is 353. The van der Waals surface area contributed by atoms with E-state index in [9.17, 15) is 4.79 Å². The predicted molar refractivity (Wildman–Crippen MR) is 75.7 cm³/mol. The zero-order valence-corrected chi connectivity index (χ0v) is 12.4. The predicted octanol–water partition coefficient (Wildman–Crippen LogP) is 1.42. The lowest BCUT2D eigenvalue weighted by atomic mass is 10.0. The molecule has 3 fully saturated rings. The van der Waals surface area contributed by atoms with Gasteiger partial charge in [0, 0.05) is 25.2 Å². The molecule has 2 saturated heterocycles. The van der Waals surface area contributed by atoms with E-state index in [2.05, 4.69) is 35.9 Å². The number of likely N-dealkylation sites (tertiary alicyclic amines) is 1. The fraction of sp³-hybridized carbons (Fsp3) is 0.933.